The number of unbranched alkanes of at least 4 members (excludes halogenated alkanes) is 2. The van der Waals surface area contributed by atoms with Crippen LogP contribution in [0.2, 0.25) is 0 Å². The lowest BCUT2D eigenvalue weighted by atomic mass is 9.97. The summed E-state index contributed by atoms with van der Waals surface area (Å²) in [6.45, 7) is 2.64. The van der Waals surface area contributed by atoms with Gasteiger partial charge in [0.05, 0.1) is 36.3 Å². The number of nitrogens with two attached hydrogens (primary N) is 1. The predicted molar refractivity (Wildman–Crippen MR) is 202 cm³/mol. The number of likely N-dealkylation sites (tertiary alicyclic amines) is 1. The molecule has 10 heteroatoms. The molecule has 2 aliphatic heterocycles. The number of benzene rings is 4. The van der Waals surface area contributed by atoms with E-state index in [1.165, 1.54) is 0 Å². The molecule has 2 amide bonds. The zero-order valence-corrected chi connectivity index (χ0v) is 29.6. The Balaban J connectivity index is 1.02. The third-order valence-corrected chi connectivity index (χ3v) is 9.85. The summed E-state index contributed by atoms with van der Waals surface area (Å²) >= 11 is 0. The number of rotatable bonds is 15. The van der Waals surface area contributed by atoms with Gasteiger partial charge < -0.3 is 36.1 Å². The van der Waals surface area contributed by atoms with Crippen LogP contribution in [0.25, 0.3) is 11.1 Å². The second-order valence-corrected chi connectivity index (χ2v) is 13.8. The molecule has 4 atom stereocenters. The fourth-order valence-electron chi connectivity index (χ4n) is 6.93. The smallest absolute Gasteiger partial charge is 0.224 e. The minimum atomic E-state index is -0.561. The zero-order chi connectivity index (χ0) is 36.3. The largest absolute Gasteiger partial charge is 0.397 e. The number of hydrogen-bond acceptors (Lipinski definition) is 8. The number of ether oxygens (including phenoxy) is 2. The lowest BCUT2D eigenvalue weighted by Gasteiger charge is -2.38. The van der Waals surface area contributed by atoms with E-state index in [1.807, 2.05) is 66.7 Å². The molecule has 0 aliphatic carbocycles. The van der Waals surface area contributed by atoms with Gasteiger partial charge in [-0.3, -0.25) is 14.5 Å². The number of β-amino-alcohol motifs (C(OH)–C–C–N with tert-alkyl or cyclic N) is 1. The van der Waals surface area contributed by atoms with Crippen molar-refractivity contribution in [2.45, 2.75) is 82.7 Å². The summed E-state index contributed by atoms with van der Waals surface area (Å²) in [4.78, 5) is 27.2. The molecule has 0 aromatic heterocycles. The van der Waals surface area contributed by atoms with E-state index in [1.54, 1.807) is 12.1 Å². The molecule has 2 heterocycles. The van der Waals surface area contributed by atoms with Crippen LogP contribution in [0.5, 0.6) is 0 Å². The molecule has 4 aromatic rings. The highest BCUT2D eigenvalue weighted by Crippen LogP contribution is 2.39. The molecule has 0 saturated carbocycles. The Labute approximate surface area is 305 Å². The highest BCUT2D eigenvalue weighted by Gasteiger charge is 2.34. The maximum Gasteiger partial charge on any atom is 0.224 e. The van der Waals surface area contributed by atoms with Gasteiger partial charge in [-0.15, -0.1) is 0 Å². The molecule has 2 saturated heterocycles. The number of anilines is 2. The van der Waals surface area contributed by atoms with Crippen LogP contribution in [0.15, 0.2) is 97.1 Å². The number of aliphatic hydroxyl groups is 2. The van der Waals surface area contributed by atoms with Gasteiger partial charge in [-0.2, -0.15) is 0 Å². The fraction of sp³-hybridized carbons (Fsp3) is 0.381. The molecule has 52 heavy (non-hydrogen) atoms. The number of nitrogen functional groups attached to an aromatic ring is 1. The second kappa shape index (κ2) is 18.3. The highest BCUT2D eigenvalue weighted by atomic mass is 16.7. The van der Waals surface area contributed by atoms with E-state index in [2.05, 4.69) is 33.7 Å². The van der Waals surface area contributed by atoms with Gasteiger partial charge in [0, 0.05) is 51.0 Å². The molecule has 0 bridgehead atoms. The topological polar surface area (TPSA) is 146 Å². The lowest BCUT2D eigenvalue weighted by molar-refractivity contribution is -0.252. The summed E-state index contributed by atoms with van der Waals surface area (Å²) in [5.41, 5.74) is 13.0. The molecule has 10 nitrogen and oxygen atoms in total. The fourth-order valence-corrected chi connectivity index (χ4v) is 6.93. The highest BCUT2D eigenvalue weighted by molar-refractivity contribution is 5.93. The van der Waals surface area contributed by atoms with Crippen molar-refractivity contribution in [2.75, 3.05) is 30.7 Å². The Hall–Kier alpha value is -4.58. The van der Waals surface area contributed by atoms with Crippen LogP contribution in [0.1, 0.15) is 79.6 Å². The van der Waals surface area contributed by atoms with Crippen LogP contribution in [-0.2, 0) is 32.2 Å². The van der Waals surface area contributed by atoms with E-state index >= 15 is 0 Å². The zero-order valence-electron chi connectivity index (χ0n) is 29.6. The molecule has 6 N–H and O–H groups in total. The van der Waals surface area contributed by atoms with E-state index in [4.69, 9.17) is 15.2 Å². The number of carbonyl (C=O) groups is 2. The number of para-hydroxylation sites is 2. The van der Waals surface area contributed by atoms with Crippen molar-refractivity contribution in [1.82, 2.24) is 10.2 Å². The second-order valence-electron chi connectivity index (χ2n) is 13.8. The molecule has 4 aromatic carbocycles. The third-order valence-electron chi connectivity index (χ3n) is 9.85. The van der Waals surface area contributed by atoms with E-state index in [9.17, 15) is 19.8 Å². The standard InChI is InChI=1S/C42H50N4O6/c43-37-10-6-7-11-38(37)45-41(50)13-3-1-2-12-40(49)44-25-33-8-4-5-9-36(33)30-18-20-32(21-19-30)42-51-35(27-46-23-22-34(48)26-46)24-39(52-42)31-16-14-29(28-47)15-17-31/h4-11,14-21,34-35,39,42,47-48H,1-3,12-13,22-28,43H2,(H,44,49)(H,45,50). The molecular weight excluding hydrogens is 656 g/mol. The lowest BCUT2D eigenvalue weighted by Crippen LogP contribution is -2.38. The Bertz CT molecular complexity index is 1770. The van der Waals surface area contributed by atoms with Crippen molar-refractivity contribution in [1.29, 1.82) is 0 Å². The van der Waals surface area contributed by atoms with E-state index in [-0.39, 0.29) is 36.7 Å². The Morgan fingerprint density at radius 3 is 2.27 bits per heavy atom. The average molecular weight is 707 g/mol. The van der Waals surface area contributed by atoms with Crippen LogP contribution >= 0.6 is 0 Å². The van der Waals surface area contributed by atoms with Crippen molar-refractivity contribution in [3.8, 4) is 11.1 Å². The van der Waals surface area contributed by atoms with Gasteiger partial charge in [0.15, 0.2) is 6.29 Å². The van der Waals surface area contributed by atoms with Gasteiger partial charge in [0.2, 0.25) is 11.8 Å². The third kappa shape index (κ3) is 10.3. The van der Waals surface area contributed by atoms with Crippen LogP contribution in [0.4, 0.5) is 11.4 Å². The maximum absolute atomic E-state index is 12.7. The number of hydrogen-bond donors (Lipinski definition) is 5. The van der Waals surface area contributed by atoms with Crippen LogP contribution in [0.3, 0.4) is 0 Å². The first kappa shape index (κ1) is 37.2. The van der Waals surface area contributed by atoms with E-state index in [0.29, 0.717) is 56.6 Å². The quantitative estimate of drug-likeness (QED) is 0.0721. The minimum Gasteiger partial charge on any atom is -0.397 e. The minimum absolute atomic E-state index is 0.00510. The normalized spacial score (nSPS) is 20.4. The van der Waals surface area contributed by atoms with Crippen molar-refractivity contribution in [3.63, 3.8) is 0 Å². The van der Waals surface area contributed by atoms with Crippen LogP contribution < -0.4 is 16.4 Å². The van der Waals surface area contributed by atoms with Crippen molar-refractivity contribution < 1.29 is 29.3 Å². The molecule has 0 radical (unpaired) electrons. The summed E-state index contributed by atoms with van der Waals surface area (Å²) in [5.74, 6) is -0.0971. The summed E-state index contributed by atoms with van der Waals surface area (Å²) < 4.78 is 13.1. The summed E-state index contributed by atoms with van der Waals surface area (Å²) in [6.07, 6.45) is 3.33. The summed E-state index contributed by atoms with van der Waals surface area (Å²) in [6, 6.07) is 31.3. The monoisotopic (exact) mass is 706 g/mol. The number of amides is 2. The summed E-state index contributed by atoms with van der Waals surface area (Å²) in [7, 11) is 0. The Morgan fingerprint density at radius 2 is 1.54 bits per heavy atom. The maximum atomic E-state index is 12.7. The molecule has 2 fully saturated rings. The number of nitrogens with one attached hydrogen (secondary N) is 2. The van der Waals surface area contributed by atoms with Crippen molar-refractivity contribution >= 4 is 23.2 Å². The Kier molecular flexibility index (Phi) is 13.1. The van der Waals surface area contributed by atoms with Gasteiger partial charge >= 0.3 is 0 Å². The van der Waals surface area contributed by atoms with Gasteiger partial charge in [-0.25, -0.2) is 0 Å². The molecule has 2 aliphatic rings. The Morgan fingerprint density at radius 1 is 0.827 bits per heavy atom. The first-order valence-electron chi connectivity index (χ1n) is 18.3. The van der Waals surface area contributed by atoms with Crippen molar-refractivity contribution in [3.05, 3.63) is 119 Å². The average Bonchev–Trinajstić information content (AvgIpc) is 3.58. The van der Waals surface area contributed by atoms with Gasteiger partial charge in [0.1, 0.15) is 0 Å². The van der Waals surface area contributed by atoms with Gasteiger partial charge in [-0.05, 0) is 59.2 Å². The van der Waals surface area contributed by atoms with E-state index in [0.717, 1.165) is 59.3 Å². The number of nitrogens with zero attached hydrogens (tertiary/aromatic N) is 1. The molecule has 6 rings (SSSR count). The van der Waals surface area contributed by atoms with Crippen molar-refractivity contribution in [2.24, 2.45) is 0 Å². The molecule has 0 spiro atoms. The SMILES string of the molecule is Nc1ccccc1NC(=O)CCCCCC(=O)NCc1ccccc1-c1ccc(C2OC(CN3CCC(O)C3)CC(c3ccc(CO)cc3)O2)cc1. The van der Waals surface area contributed by atoms with Gasteiger partial charge in [-0.1, -0.05) is 91.3 Å². The molecule has 4 unspecified atom stereocenters. The van der Waals surface area contributed by atoms with E-state index < -0.39 is 6.29 Å². The number of carbonyl (C=O) groups excluding carboxylic acids is 2. The first-order valence-corrected chi connectivity index (χ1v) is 18.3. The van der Waals surface area contributed by atoms with Crippen LogP contribution in [0, 0.1) is 0 Å². The van der Waals surface area contributed by atoms with Crippen LogP contribution in [-0.4, -0.2) is 58.8 Å². The summed E-state index contributed by atoms with van der Waals surface area (Å²) in [5, 5.41) is 25.5. The predicted octanol–water partition coefficient (Wildman–Crippen LogP) is 6.25. The van der Waals surface area contributed by atoms with Gasteiger partial charge in [0.25, 0.3) is 0 Å². The first-order chi connectivity index (χ1) is 25.3. The number of aliphatic hydroxyl groups excluding tert-OH is 2. The molecule has 274 valence electrons. The molecular formula is C42H50N4O6.